The highest BCUT2D eigenvalue weighted by molar-refractivity contribution is 5.97. The first-order valence-corrected chi connectivity index (χ1v) is 19.9. The molecule has 1 aliphatic rings. The third kappa shape index (κ3) is 21.3. The molecule has 1 aromatic rings. The molecule has 0 radical (unpaired) electrons. The molecule has 1 saturated heterocycles. The fraction of sp³-hybridized carbons (Fsp3) is 0.718. The number of amides is 2. The van der Waals surface area contributed by atoms with Crippen LogP contribution in [0.5, 0.6) is 5.75 Å². The van der Waals surface area contributed by atoms with Gasteiger partial charge in [-0.05, 0) is 55.7 Å². The van der Waals surface area contributed by atoms with Gasteiger partial charge in [-0.25, -0.2) is 10.7 Å². The zero-order chi connectivity index (χ0) is 43.4. The van der Waals surface area contributed by atoms with Gasteiger partial charge in [-0.1, -0.05) is 25.8 Å². The van der Waals surface area contributed by atoms with Crippen LogP contribution in [0.1, 0.15) is 81.1 Å². The van der Waals surface area contributed by atoms with Crippen molar-refractivity contribution in [1.82, 2.24) is 10.6 Å². The molecule has 1 heterocycles. The number of hydrogen-bond donors (Lipinski definition) is 7. The first kappa shape index (κ1) is 51.3. The van der Waals surface area contributed by atoms with E-state index in [0.29, 0.717) is 45.0 Å². The molecule has 0 spiro atoms. The lowest BCUT2D eigenvalue weighted by Crippen LogP contribution is -2.61. The smallest absolute Gasteiger partial charge is 0.335 e. The molecule has 8 N–H and O–H groups in total. The quantitative estimate of drug-likeness (QED) is 0.0281. The number of ether oxygens (including phenoxy) is 7. The molecule has 0 aromatic heterocycles. The summed E-state index contributed by atoms with van der Waals surface area (Å²) in [4.78, 5) is 65.4. The molecular weight excluding hydrogens is 782 g/mol. The molecule has 1 aliphatic heterocycles. The number of carboxylic acid groups (broad SMARTS) is 1. The lowest BCUT2D eigenvalue weighted by molar-refractivity contribution is -0.271. The third-order valence-electron chi connectivity index (χ3n) is 8.91. The fourth-order valence-electron chi connectivity index (χ4n) is 5.86. The SMILES string of the molecule is CCCOCCOCC(=O)C[C@@H](CCCCNC(=O)COCCOCCNC(=O)c1cc(COC(C)=O)ccc1OC1O[C@H](C(=O)O)[C@@H](O)[C@H](O)[C@H]1O)CCCCON. The molecule has 2 amide bonds. The molecule has 1 fully saturated rings. The zero-order valence-corrected chi connectivity index (χ0v) is 34.0. The predicted molar refractivity (Wildman–Crippen MR) is 207 cm³/mol. The Morgan fingerprint density at radius 2 is 1.47 bits per heavy atom. The molecule has 0 saturated carbocycles. The van der Waals surface area contributed by atoms with Crippen molar-refractivity contribution in [3.05, 3.63) is 29.3 Å². The normalized spacial score (nSPS) is 19.5. The van der Waals surface area contributed by atoms with Gasteiger partial charge in [0.25, 0.3) is 5.91 Å². The van der Waals surface area contributed by atoms with E-state index in [2.05, 4.69) is 15.5 Å². The Labute approximate surface area is 344 Å². The Morgan fingerprint density at radius 1 is 0.797 bits per heavy atom. The standard InChI is InChI=1S/C39H63N3O17/c1-3-14-52-17-19-54-24-29(44)21-27(9-5-7-15-57-40)8-4-6-12-41-32(45)25-55-20-18-53-16-13-42-37(49)30-22-28(23-56-26(2)43)10-11-31(30)58-39-35(48)33(46)34(47)36(59-39)38(50)51/h10-11,22,27,33-36,39,46-48H,3-9,12-21,23-25,40H2,1-2H3,(H,41,45)(H,42,49)(H,50,51)/t27-,33-,34-,35+,36-,39?/m0/s1. The highest BCUT2D eigenvalue weighted by atomic mass is 16.7. The monoisotopic (exact) mass is 845 g/mol. The van der Waals surface area contributed by atoms with Gasteiger partial charge in [-0.15, -0.1) is 0 Å². The van der Waals surface area contributed by atoms with Gasteiger partial charge in [0.2, 0.25) is 12.2 Å². The number of aliphatic carboxylic acids is 1. The van der Waals surface area contributed by atoms with Crippen LogP contribution in [-0.2, 0) is 59.0 Å². The minimum Gasteiger partial charge on any atom is -0.479 e. The van der Waals surface area contributed by atoms with Crippen LogP contribution < -0.4 is 21.3 Å². The van der Waals surface area contributed by atoms with Crippen LogP contribution in [0, 0.1) is 5.92 Å². The van der Waals surface area contributed by atoms with Crippen LogP contribution >= 0.6 is 0 Å². The van der Waals surface area contributed by atoms with Gasteiger partial charge in [-0.2, -0.15) is 0 Å². The van der Waals surface area contributed by atoms with Gasteiger partial charge >= 0.3 is 11.9 Å². The number of unbranched alkanes of at least 4 members (excludes halogenated alkanes) is 2. The van der Waals surface area contributed by atoms with E-state index >= 15 is 0 Å². The van der Waals surface area contributed by atoms with E-state index in [0.717, 1.165) is 44.9 Å². The summed E-state index contributed by atoms with van der Waals surface area (Å²) in [5, 5.41) is 45.3. The molecule has 20 nitrogen and oxygen atoms in total. The molecule has 1 unspecified atom stereocenters. The first-order chi connectivity index (χ1) is 28.4. The Hall–Kier alpha value is -3.83. The van der Waals surface area contributed by atoms with E-state index in [9.17, 15) is 44.4 Å². The molecular formula is C39H63N3O17. The van der Waals surface area contributed by atoms with Crippen LogP contribution in [0.25, 0.3) is 0 Å². The number of carbonyl (C=O) groups is 5. The van der Waals surface area contributed by atoms with Crippen molar-refractivity contribution < 1.29 is 82.4 Å². The Balaban J connectivity index is 1.70. The molecule has 20 heteroatoms. The zero-order valence-electron chi connectivity index (χ0n) is 34.0. The Morgan fingerprint density at radius 3 is 2.15 bits per heavy atom. The van der Waals surface area contributed by atoms with Gasteiger partial charge in [0.1, 0.15) is 43.9 Å². The van der Waals surface area contributed by atoms with Crippen molar-refractivity contribution in [3.63, 3.8) is 0 Å². The lowest BCUT2D eigenvalue weighted by Gasteiger charge is -2.38. The van der Waals surface area contributed by atoms with Crippen LogP contribution in [0.4, 0.5) is 0 Å². The van der Waals surface area contributed by atoms with Gasteiger partial charge in [0, 0.05) is 33.0 Å². The average Bonchev–Trinajstić information content (AvgIpc) is 3.20. The van der Waals surface area contributed by atoms with Crippen molar-refractivity contribution in [1.29, 1.82) is 0 Å². The predicted octanol–water partition coefficient (Wildman–Crippen LogP) is 0.149. The highest BCUT2D eigenvalue weighted by Gasteiger charge is 2.48. The van der Waals surface area contributed by atoms with Gasteiger partial charge in [0.05, 0.1) is 45.2 Å². The number of aliphatic hydroxyl groups is 3. The maximum absolute atomic E-state index is 13.2. The summed E-state index contributed by atoms with van der Waals surface area (Å²) >= 11 is 0. The van der Waals surface area contributed by atoms with Crippen molar-refractivity contribution >= 4 is 29.5 Å². The number of ketones is 1. The van der Waals surface area contributed by atoms with Crippen molar-refractivity contribution in [2.45, 2.75) is 103 Å². The van der Waals surface area contributed by atoms with Crippen LogP contribution in [-0.4, -0.2) is 153 Å². The van der Waals surface area contributed by atoms with Crippen LogP contribution in [0.15, 0.2) is 18.2 Å². The summed E-state index contributed by atoms with van der Waals surface area (Å²) < 4.78 is 37.5. The largest absolute Gasteiger partial charge is 0.479 e. The number of aliphatic hydroxyl groups excluding tert-OH is 3. The second kappa shape index (κ2) is 30.2. The highest BCUT2D eigenvalue weighted by Crippen LogP contribution is 2.28. The Kier molecular flexibility index (Phi) is 26.3. The Bertz CT molecular complexity index is 1400. The number of carbonyl (C=O) groups excluding carboxylic acids is 4. The lowest BCUT2D eigenvalue weighted by atomic mass is 9.91. The van der Waals surface area contributed by atoms with Crippen molar-refractivity contribution in [2.24, 2.45) is 11.8 Å². The summed E-state index contributed by atoms with van der Waals surface area (Å²) in [6.07, 6.45) is -3.08. The van der Waals surface area contributed by atoms with E-state index in [1.807, 2.05) is 6.92 Å². The van der Waals surface area contributed by atoms with Gasteiger partial charge in [0.15, 0.2) is 11.9 Å². The number of Topliss-reactive ketones (excluding diaryl/α,β-unsaturated/α-hetero) is 1. The second-order valence-corrected chi connectivity index (χ2v) is 13.9. The fourth-order valence-corrected chi connectivity index (χ4v) is 5.86. The topological polar surface area (TPSA) is 290 Å². The molecule has 0 bridgehead atoms. The summed E-state index contributed by atoms with van der Waals surface area (Å²) in [7, 11) is 0. The molecule has 59 heavy (non-hydrogen) atoms. The van der Waals surface area contributed by atoms with E-state index in [-0.39, 0.29) is 75.1 Å². The summed E-state index contributed by atoms with van der Waals surface area (Å²) in [5.74, 6) is 2.10. The number of esters is 1. The maximum Gasteiger partial charge on any atom is 0.335 e. The first-order valence-electron chi connectivity index (χ1n) is 19.9. The van der Waals surface area contributed by atoms with Gasteiger partial charge in [-0.3, -0.25) is 19.2 Å². The van der Waals surface area contributed by atoms with Crippen LogP contribution in [0.3, 0.4) is 0 Å². The molecule has 6 atom stereocenters. The number of rotatable bonds is 33. The molecule has 1 aromatic carbocycles. The van der Waals surface area contributed by atoms with Crippen molar-refractivity contribution in [2.75, 3.05) is 72.6 Å². The van der Waals surface area contributed by atoms with E-state index < -0.39 is 48.6 Å². The van der Waals surface area contributed by atoms with Crippen LogP contribution in [0.2, 0.25) is 0 Å². The molecule has 2 rings (SSSR count). The number of nitrogens with two attached hydrogens (primary N) is 1. The number of carboxylic acids is 1. The van der Waals surface area contributed by atoms with E-state index in [1.54, 1.807) is 0 Å². The molecule has 336 valence electrons. The minimum absolute atomic E-state index is 0.0287. The van der Waals surface area contributed by atoms with E-state index in [4.69, 9.17) is 39.1 Å². The average molecular weight is 846 g/mol. The van der Waals surface area contributed by atoms with Gasteiger partial charge < -0.3 is 69.1 Å². The number of benzene rings is 1. The number of nitrogens with one attached hydrogen (secondary N) is 2. The maximum atomic E-state index is 13.2. The second-order valence-electron chi connectivity index (χ2n) is 13.9. The third-order valence-corrected chi connectivity index (χ3v) is 8.91. The number of hydrogen-bond acceptors (Lipinski definition) is 17. The summed E-state index contributed by atoms with van der Waals surface area (Å²) in [6, 6.07) is 4.13. The van der Waals surface area contributed by atoms with E-state index in [1.165, 1.54) is 25.1 Å². The molecule has 0 aliphatic carbocycles. The summed E-state index contributed by atoms with van der Waals surface area (Å²) in [5.41, 5.74) is 0.310. The summed E-state index contributed by atoms with van der Waals surface area (Å²) in [6.45, 7) is 5.73. The van der Waals surface area contributed by atoms with Crippen molar-refractivity contribution in [3.8, 4) is 5.75 Å². The minimum atomic E-state index is -1.93.